The van der Waals surface area contributed by atoms with Crippen molar-refractivity contribution in [1.82, 2.24) is 9.62 Å². The Morgan fingerprint density at radius 1 is 1.35 bits per heavy atom. The van der Waals surface area contributed by atoms with Gasteiger partial charge in [-0.1, -0.05) is 13.8 Å². The molecule has 0 atom stereocenters. The van der Waals surface area contributed by atoms with Crippen molar-refractivity contribution in [3.8, 4) is 0 Å². The quantitative estimate of drug-likeness (QED) is 0.750. The highest BCUT2D eigenvalue weighted by molar-refractivity contribution is 7.89. The molecule has 1 N–H and O–H groups in total. The second-order valence-corrected chi connectivity index (χ2v) is 8.53. The summed E-state index contributed by atoms with van der Waals surface area (Å²) in [7, 11) is -1.74. The first kappa shape index (κ1) is 17.6. The summed E-state index contributed by atoms with van der Waals surface area (Å²) in [6, 6.07) is 1.78. The molecule has 0 aromatic carbocycles. The normalized spacial score (nSPS) is 13.1. The van der Waals surface area contributed by atoms with Crippen molar-refractivity contribution in [3.05, 3.63) is 16.3 Å². The minimum atomic E-state index is -3.40. The van der Waals surface area contributed by atoms with Crippen molar-refractivity contribution >= 4 is 21.4 Å². The third kappa shape index (κ3) is 4.04. The average molecular weight is 319 g/mol. The highest BCUT2D eigenvalue weighted by atomic mass is 32.2. The topological polar surface area (TPSA) is 49.4 Å². The van der Waals surface area contributed by atoms with Gasteiger partial charge in [0.05, 0.1) is 4.90 Å². The lowest BCUT2D eigenvalue weighted by Gasteiger charge is -2.33. The molecule has 0 radical (unpaired) electrons. The zero-order valence-corrected chi connectivity index (χ0v) is 14.7. The van der Waals surface area contributed by atoms with E-state index in [1.165, 1.54) is 15.6 Å². The van der Waals surface area contributed by atoms with E-state index >= 15 is 0 Å². The smallest absolute Gasteiger partial charge is 0.244 e. The predicted octanol–water partition coefficient (Wildman–Crippen LogP) is 3.06. The van der Waals surface area contributed by atoms with E-state index in [-0.39, 0.29) is 5.54 Å². The maximum absolute atomic E-state index is 12.6. The van der Waals surface area contributed by atoms with E-state index in [9.17, 15) is 8.42 Å². The van der Waals surface area contributed by atoms with Gasteiger partial charge in [-0.2, -0.15) is 4.31 Å². The van der Waals surface area contributed by atoms with Gasteiger partial charge in [-0.15, -0.1) is 11.3 Å². The average Bonchev–Trinajstić information content (AvgIpc) is 2.87. The molecule has 1 aromatic rings. The third-order valence-corrected chi connectivity index (χ3v) is 6.86. The fourth-order valence-corrected chi connectivity index (χ4v) is 4.49. The van der Waals surface area contributed by atoms with E-state index in [1.807, 2.05) is 20.8 Å². The van der Waals surface area contributed by atoms with Crippen LogP contribution in [0.15, 0.2) is 16.3 Å². The van der Waals surface area contributed by atoms with Gasteiger partial charge in [0.25, 0.3) is 0 Å². The van der Waals surface area contributed by atoms with Crippen molar-refractivity contribution in [2.75, 3.05) is 13.6 Å². The second-order valence-electron chi connectivity index (χ2n) is 5.56. The first-order valence-corrected chi connectivity index (χ1v) is 9.34. The minimum Gasteiger partial charge on any atom is -0.312 e. The molecule has 6 heteroatoms. The van der Waals surface area contributed by atoms with E-state index in [0.29, 0.717) is 4.90 Å². The van der Waals surface area contributed by atoms with Crippen molar-refractivity contribution in [1.29, 1.82) is 0 Å². The van der Waals surface area contributed by atoms with E-state index in [2.05, 4.69) is 12.2 Å². The van der Waals surface area contributed by atoms with E-state index in [4.69, 9.17) is 0 Å². The Bertz CT molecular complexity index is 521. The molecule has 20 heavy (non-hydrogen) atoms. The Labute approximate surface area is 127 Å². The molecule has 1 rings (SSSR count). The van der Waals surface area contributed by atoms with Crippen LogP contribution in [0.1, 0.15) is 45.4 Å². The first-order chi connectivity index (χ1) is 9.25. The molecule has 1 aromatic heterocycles. The van der Waals surface area contributed by atoms with Crippen LogP contribution in [-0.4, -0.2) is 31.9 Å². The summed E-state index contributed by atoms with van der Waals surface area (Å²) in [4.78, 5) is 1.46. The maximum Gasteiger partial charge on any atom is 0.244 e. The Kier molecular flexibility index (Phi) is 6.19. The zero-order chi connectivity index (χ0) is 15.4. The number of sulfonamides is 1. The van der Waals surface area contributed by atoms with Crippen molar-refractivity contribution in [3.63, 3.8) is 0 Å². The van der Waals surface area contributed by atoms with E-state index in [1.54, 1.807) is 18.5 Å². The monoisotopic (exact) mass is 318 g/mol. The maximum atomic E-state index is 12.6. The third-order valence-electron chi connectivity index (χ3n) is 3.73. The summed E-state index contributed by atoms with van der Waals surface area (Å²) in [5.41, 5.74) is -0.374. The number of nitrogens with one attached hydrogen (secondary N) is 1. The van der Waals surface area contributed by atoms with Gasteiger partial charge in [0.2, 0.25) is 10.0 Å². The van der Waals surface area contributed by atoms with Crippen LogP contribution >= 0.6 is 11.3 Å². The first-order valence-electron chi connectivity index (χ1n) is 7.03. The Balaban J connectivity index is 2.88. The summed E-state index contributed by atoms with van der Waals surface area (Å²) < 4.78 is 26.7. The number of hydrogen-bond acceptors (Lipinski definition) is 4. The molecule has 0 spiro atoms. The summed E-state index contributed by atoms with van der Waals surface area (Å²) in [5, 5.41) is 5.03. The Morgan fingerprint density at radius 3 is 2.55 bits per heavy atom. The molecule has 0 bridgehead atoms. The van der Waals surface area contributed by atoms with Gasteiger partial charge in [0, 0.05) is 29.4 Å². The van der Waals surface area contributed by atoms with Crippen molar-refractivity contribution in [2.45, 2.75) is 57.5 Å². The van der Waals surface area contributed by atoms with Crippen molar-refractivity contribution < 1.29 is 8.42 Å². The molecular weight excluding hydrogens is 292 g/mol. The second kappa shape index (κ2) is 7.02. The van der Waals surface area contributed by atoms with E-state index < -0.39 is 10.0 Å². The highest BCUT2D eigenvalue weighted by Crippen LogP contribution is 2.28. The lowest BCUT2D eigenvalue weighted by molar-refractivity contribution is 0.257. The van der Waals surface area contributed by atoms with Crippen LogP contribution in [0.3, 0.4) is 0 Å². The molecule has 0 unspecified atom stereocenters. The minimum absolute atomic E-state index is 0.374. The van der Waals surface area contributed by atoms with Crippen LogP contribution < -0.4 is 5.32 Å². The van der Waals surface area contributed by atoms with Crippen LogP contribution in [-0.2, 0) is 16.6 Å². The highest BCUT2D eigenvalue weighted by Gasteiger charge is 2.33. The molecule has 0 amide bonds. The Morgan fingerprint density at radius 2 is 2.00 bits per heavy atom. The fraction of sp³-hybridized carbons (Fsp3) is 0.714. The molecule has 0 saturated heterocycles. The summed E-state index contributed by atoms with van der Waals surface area (Å²) in [5.74, 6) is 0. The summed E-state index contributed by atoms with van der Waals surface area (Å²) >= 11 is 1.49. The molecule has 0 saturated carbocycles. The van der Waals surface area contributed by atoms with Crippen molar-refractivity contribution in [2.24, 2.45) is 0 Å². The molecule has 1 heterocycles. The van der Waals surface area contributed by atoms with Gasteiger partial charge in [0.1, 0.15) is 0 Å². The lowest BCUT2D eigenvalue weighted by atomic mass is 10.0. The van der Waals surface area contributed by atoms with E-state index in [0.717, 1.165) is 30.8 Å². The van der Waals surface area contributed by atoms with Gasteiger partial charge in [-0.25, -0.2) is 8.42 Å². The van der Waals surface area contributed by atoms with Gasteiger partial charge >= 0.3 is 0 Å². The number of thiophene rings is 1. The van der Waals surface area contributed by atoms with Crippen LogP contribution in [0.2, 0.25) is 0 Å². The SMILES string of the molecule is CCCNCc1cc(S(=O)(=O)N(C)C(C)(C)CC)cs1. The van der Waals surface area contributed by atoms with Crippen LogP contribution in [0, 0.1) is 0 Å². The summed E-state index contributed by atoms with van der Waals surface area (Å²) in [6.45, 7) is 9.68. The standard InChI is InChI=1S/C14H26N2O2S2/c1-6-8-15-10-12-9-13(11-19-12)20(17,18)16(5)14(3,4)7-2/h9,11,15H,6-8,10H2,1-5H3. The van der Waals surface area contributed by atoms with Gasteiger partial charge in [0.15, 0.2) is 0 Å². The number of rotatable bonds is 8. The van der Waals surface area contributed by atoms with Gasteiger partial charge in [-0.05, 0) is 39.3 Å². The van der Waals surface area contributed by atoms with Gasteiger partial charge in [-0.3, -0.25) is 0 Å². The molecule has 4 nitrogen and oxygen atoms in total. The lowest BCUT2D eigenvalue weighted by Crippen LogP contribution is -2.44. The predicted molar refractivity (Wildman–Crippen MR) is 85.6 cm³/mol. The molecule has 0 aliphatic heterocycles. The summed E-state index contributed by atoms with van der Waals surface area (Å²) in [6.07, 6.45) is 1.85. The molecule has 0 fully saturated rings. The molecule has 0 aliphatic rings. The van der Waals surface area contributed by atoms with Crippen LogP contribution in [0.25, 0.3) is 0 Å². The van der Waals surface area contributed by atoms with Crippen LogP contribution in [0.4, 0.5) is 0 Å². The number of nitrogens with zero attached hydrogens (tertiary/aromatic N) is 1. The Hall–Kier alpha value is -0.430. The fourth-order valence-electron chi connectivity index (χ4n) is 1.68. The molecular formula is C14H26N2O2S2. The largest absolute Gasteiger partial charge is 0.312 e. The molecule has 116 valence electrons. The van der Waals surface area contributed by atoms with Gasteiger partial charge < -0.3 is 5.32 Å². The zero-order valence-electron chi connectivity index (χ0n) is 13.1. The number of hydrogen-bond donors (Lipinski definition) is 1. The molecule has 0 aliphatic carbocycles. The van der Waals surface area contributed by atoms with Crippen LogP contribution in [0.5, 0.6) is 0 Å².